The van der Waals surface area contributed by atoms with Gasteiger partial charge in [-0.1, -0.05) is 30.3 Å². The van der Waals surface area contributed by atoms with Crippen molar-refractivity contribution in [3.8, 4) is 0 Å². The van der Waals surface area contributed by atoms with Gasteiger partial charge in [-0.3, -0.25) is 4.98 Å². The Kier molecular flexibility index (Phi) is 6.04. The van der Waals surface area contributed by atoms with Crippen LogP contribution in [0.4, 0.5) is 13.2 Å². The molecule has 2 rings (SSSR count). The third-order valence-electron chi connectivity index (χ3n) is 3.10. The van der Waals surface area contributed by atoms with Crippen LogP contribution in [-0.2, 0) is 21.4 Å². The van der Waals surface area contributed by atoms with Crippen LogP contribution in [0.1, 0.15) is 23.1 Å². The summed E-state index contributed by atoms with van der Waals surface area (Å²) in [5, 5.41) is 0. The molecule has 0 atom stereocenters. The molecule has 23 heavy (non-hydrogen) atoms. The smallest absolute Gasteiger partial charge is 0.350 e. The zero-order chi connectivity index (χ0) is 16.9. The number of benzene rings is 1. The third kappa shape index (κ3) is 4.70. The van der Waals surface area contributed by atoms with Crippen molar-refractivity contribution in [2.75, 3.05) is 14.2 Å². The highest BCUT2D eigenvalue weighted by atomic mass is 32.2. The Morgan fingerprint density at radius 2 is 1.78 bits per heavy atom. The summed E-state index contributed by atoms with van der Waals surface area (Å²) in [7, 11) is 2.54. The highest BCUT2D eigenvalue weighted by Crippen LogP contribution is 2.37. The second-order valence-corrected chi connectivity index (χ2v) is 5.73. The Morgan fingerprint density at radius 3 is 2.35 bits per heavy atom. The molecule has 124 valence electrons. The average molecular weight is 343 g/mol. The molecule has 0 unspecified atom stereocenters. The monoisotopic (exact) mass is 343 g/mol. The van der Waals surface area contributed by atoms with E-state index in [2.05, 4.69) is 4.98 Å². The number of aromatic nitrogens is 1. The third-order valence-corrected chi connectivity index (χ3v) is 4.13. The topological polar surface area (TPSA) is 31.4 Å². The van der Waals surface area contributed by atoms with Gasteiger partial charge in [0.1, 0.15) is 5.69 Å². The quantitative estimate of drug-likeness (QED) is 0.563. The van der Waals surface area contributed by atoms with Gasteiger partial charge in [0.15, 0.2) is 0 Å². The molecule has 0 spiro atoms. The van der Waals surface area contributed by atoms with Crippen molar-refractivity contribution in [3.63, 3.8) is 0 Å². The number of thioether (sulfide) groups is 1. The number of alkyl halides is 3. The van der Waals surface area contributed by atoms with Crippen molar-refractivity contribution in [1.29, 1.82) is 0 Å². The summed E-state index contributed by atoms with van der Waals surface area (Å²) in [5.41, 5.74) is -0.0855. The molecule has 0 radical (unpaired) electrons. The predicted octanol–water partition coefficient (Wildman–Crippen LogP) is 4.68. The van der Waals surface area contributed by atoms with Crippen LogP contribution in [0.3, 0.4) is 0 Å². The summed E-state index contributed by atoms with van der Waals surface area (Å²) in [6, 6.07) is 10.6. The minimum atomic E-state index is -4.53. The summed E-state index contributed by atoms with van der Waals surface area (Å²) in [6.07, 6.45) is -4.27. The van der Waals surface area contributed by atoms with Crippen LogP contribution in [-0.4, -0.2) is 19.2 Å². The number of pyridine rings is 1. The van der Waals surface area contributed by atoms with Gasteiger partial charge >= 0.3 is 6.18 Å². The van der Waals surface area contributed by atoms with E-state index in [9.17, 15) is 13.2 Å². The van der Waals surface area contributed by atoms with Gasteiger partial charge in [0.05, 0.1) is 5.56 Å². The first-order valence-corrected chi connectivity index (χ1v) is 7.73. The summed E-state index contributed by atoms with van der Waals surface area (Å²) < 4.78 is 49.6. The molecule has 1 aromatic heterocycles. The number of nitrogens with zero attached hydrogens (tertiary/aromatic N) is 1. The molecular formula is C16H16F3NO2S. The number of hydrogen-bond donors (Lipinski definition) is 0. The molecule has 0 N–H and O–H groups in total. The Hall–Kier alpha value is -1.57. The van der Waals surface area contributed by atoms with Gasteiger partial charge in [-0.25, -0.2) is 0 Å². The van der Waals surface area contributed by atoms with Crippen LogP contribution in [0, 0.1) is 0 Å². The van der Waals surface area contributed by atoms with Gasteiger partial charge < -0.3 is 9.47 Å². The largest absolute Gasteiger partial charge is 0.418 e. The number of halogens is 3. The normalized spacial score (nSPS) is 11.9. The minimum Gasteiger partial charge on any atom is -0.350 e. The Balaban J connectivity index is 2.26. The maximum absolute atomic E-state index is 13.3. The van der Waals surface area contributed by atoms with Crippen LogP contribution >= 0.6 is 11.8 Å². The predicted molar refractivity (Wildman–Crippen MR) is 82.0 cm³/mol. The Labute approximate surface area is 136 Å². The molecule has 0 saturated carbocycles. The molecule has 0 aliphatic heterocycles. The summed E-state index contributed by atoms with van der Waals surface area (Å²) >= 11 is 1.30. The second-order valence-electron chi connectivity index (χ2n) is 4.68. The van der Waals surface area contributed by atoms with E-state index in [1.54, 1.807) is 0 Å². The van der Waals surface area contributed by atoms with E-state index < -0.39 is 18.0 Å². The maximum Gasteiger partial charge on any atom is 0.418 e. The molecule has 0 aliphatic rings. The SMILES string of the molecule is COC(OC)c1ncc(SCc2ccccc2)cc1C(F)(F)F. The Morgan fingerprint density at radius 1 is 1.13 bits per heavy atom. The first kappa shape index (κ1) is 17.8. The van der Waals surface area contributed by atoms with Crippen LogP contribution in [0.2, 0.25) is 0 Å². The summed E-state index contributed by atoms with van der Waals surface area (Å²) in [4.78, 5) is 4.35. The van der Waals surface area contributed by atoms with E-state index in [0.29, 0.717) is 10.6 Å². The lowest BCUT2D eigenvalue weighted by molar-refractivity contribution is -0.149. The molecule has 0 aliphatic carbocycles. The van der Waals surface area contributed by atoms with Crippen molar-refractivity contribution in [2.45, 2.75) is 23.1 Å². The van der Waals surface area contributed by atoms with Gasteiger partial charge in [-0.05, 0) is 11.6 Å². The molecule has 0 fully saturated rings. The number of methoxy groups -OCH3 is 2. The highest BCUT2D eigenvalue weighted by molar-refractivity contribution is 7.98. The molecule has 0 amide bonds. The highest BCUT2D eigenvalue weighted by Gasteiger charge is 2.37. The van der Waals surface area contributed by atoms with Gasteiger partial charge in [0.2, 0.25) is 6.29 Å². The molecule has 3 nitrogen and oxygen atoms in total. The van der Waals surface area contributed by atoms with E-state index in [4.69, 9.17) is 9.47 Å². The van der Waals surface area contributed by atoms with Crippen LogP contribution in [0.25, 0.3) is 0 Å². The molecule has 0 saturated heterocycles. The fraction of sp³-hybridized carbons (Fsp3) is 0.312. The van der Waals surface area contributed by atoms with Crippen LogP contribution in [0.15, 0.2) is 47.5 Å². The van der Waals surface area contributed by atoms with Gasteiger partial charge in [-0.2, -0.15) is 13.2 Å². The average Bonchev–Trinajstić information content (AvgIpc) is 2.55. The van der Waals surface area contributed by atoms with E-state index in [1.165, 1.54) is 32.2 Å². The number of hydrogen-bond acceptors (Lipinski definition) is 4. The van der Waals surface area contributed by atoms with Crippen molar-refractivity contribution in [3.05, 3.63) is 59.4 Å². The van der Waals surface area contributed by atoms with Crippen molar-refractivity contribution >= 4 is 11.8 Å². The van der Waals surface area contributed by atoms with Crippen LogP contribution < -0.4 is 0 Å². The van der Waals surface area contributed by atoms with Crippen molar-refractivity contribution in [2.24, 2.45) is 0 Å². The second kappa shape index (κ2) is 7.81. The van der Waals surface area contributed by atoms with Gasteiger partial charge in [0.25, 0.3) is 0 Å². The fourth-order valence-electron chi connectivity index (χ4n) is 2.01. The standard InChI is InChI=1S/C16H16F3NO2S/c1-21-15(22-2)14-13(16(17,18)19)8-12(9-20-14)23-10-11-6-4-3-5-7-11/h3-9,15H,10H2,1-2H3. The zero-order valence-corrected chi connectivity index (χ0v) is 13.4. The summed E-state index contributed by atoms with van der Waals surface area (Å²) in [5.74, 6) is 0.567. The molecule has 1 aromatic carbocycles. The minimum absolute atomic E-state index is 0.272. The van der Waals surface area contributed by atoms with Crippen LogP contribution in [0.5, 0.6) is 0 Å². The van der Waals surface area contributed by atoms with E-state index >= 15 is 0 Å². The van der Waals surface area contributed by atoms with Crippen molar-refractivity contribution in [1.82, 2.24) is 4.98 Å². The molecular weight excluding hydrogens is 327 g/mol. The molecule has 1 heterocycles. The van der Waals surface area contributed by atoms with Gasteiger partial charge in [-0.15, -0.1) is 11.8 Å². The zero-order valence-electron chi connectivity index (χ0n) is 12.6. The number of ether oxygens (including phenoxy) is 2. The molecule has 2 aromatic rings. The first-order chi connectivity index (χ1) is 11.0. The lowest BCUT2D eigenvalue weighted by atomic mass is 10.2. The molecule has 7 heteroatoms. The van der Waals surface area contributed by atoms with Crippen molar-refractivity contribution < 1.29 is 22.6 Å². The molecule has 0 bridgehead atoms. The Bertz CT molecular complexity index is 631. The van der Waals surface area contributed by atoms with E-state index in [0.717, 1.165) is 11.6 Å². The van der Waals surface area contributed by atoms with E-state index in [-0.39, 0.29) is 5.69 Å². The van der Waals surface area contributed by atoms with Gasteiger partial charge in [0, 0.05) is 31.1 Å². The fourth-order valence-corrected chi connectivity index (χ4v) is 2.86. The lowest BCUT2D eigenvalue weighted by Gasteiger charge is -2.18. The lowest BCUT2D eigenvalue weighted by Crippen LogP contribution is -2.16. The first-order valence-electron chi connectivity index (χ1n) is 6.75. The maximum atomic E-state index is 13.3. The van der Waals surface area contributed by atoms with E-state index in [1.807, 2.05) is 30.3 Å². The number of rotatable bonds is 6. The summed E-state index contributed by atoms with van der Waals surface area (Å²) in [6.45, 7) is 0.